The molecule has 7 nitrogen and oxygen atoms in total. The van der Waals surface area contributed by atoms with Crippen molar-refractivity contribution >= 4 is 17.5 Å². The fourth-order valence-electron chi connectivity index (χ4n) is 1.57. The van der Waals surface area contributed by atoms with Gasteiger partial charge in [-0.25, -0.2) is 0 Å². The summed E-state index contributed by atoms with van der Waals surface area (Å²) >= 11 is 5.83. The van der Waals surface area contributed by atoms with Crippen molar-refractivity contribution in [2.45, 2.75) is 19.8 Å². The monoisotopic (exact) mass is 296 g/mol. The summed E-state index contributed by atoms with van der Waals surface area (Å²) in [6.07, 6.45) is 3.56. The van der Waals surface area contributed by atoms with Gasteiger partial charge in [-0.2, -0.15) is 20.1 Å². The van der Waals surface area contributed by atoms with E-state index in [1.54, 1.807) is 4.68 Å². The van der Waals surface area contributed by atoms with Crippen LogP contribution < -0.4 is 10.1 Å². The molecule has 0 atom stereocenters. The van der Waals surface area contributed by atoms with Crippen molar-refractivity contribution in [3.63, 3.8) is 0 Å². The van der Waals surface area contributed by atoms with Crippen LogP contribution in [0, 0.1) is 0 Å². The summed E-state index contributed by atoms with van der Waals surface area (Å²) in [5, 5.41) is 7.49. The average molecular weight is 297 g/mol. The van der Waals surface area contributed by atoms with Gasteiger partial charge in [0.05, 0.1) is 12.3 Å². The Morgan fingerprint density at radius 1 is 1.35 bits per heavy atom. The average Bonchev–Trinajstić information content (AvgIpc) is 2.81. The zero-order valence-corrected chi connectivity index (χ0v) is 12.3. The first-order valence-corrected chi connectivity index (χ1v) is 6.82. The predicted molar refractivity (Wildman–Crippen MR) is 76.0 cm³/mol. The van der Waals surface area contributed by atoms with Crippen LogP contribution in [0.2, 0.25) is 5.28 Å². The van der Waals surface area contributed by atoms with Crippen molar-refractivity contribution in [2.75, 3.05) is 18.5 Å². The largest absolute Gasteiger partial charge is 0.463 e. The molecule has 0 unspecified atom stereocenters. The van der Waals surface area contributed by atoms with Crippen LogP contribution in [-0.4, -0.2) is 37.9 Å². The van der Waals surface area contributed by atoms with Gasteiger partial charge in [-0.1, -0.05) is 6.92 Å². The van der Waals surface area contributed by atoms with Crippen LogP contribution in [0.25, 0.3) is 0 Å². The molecule has 8 heteroatoms. The molecule has 0 fully saturated rings. The van der Waals surface area contributed by atoms with Crippen LogP contribution in [0.15, 0.2) is 12.3 Å². The quantitative estimate of drug-likeness (QED) is 0.838. The first-order valence-electron chi connectivity index (χ1n) is 6.44. The zero-order chi connectivity index (χ0) is 14.4. The van der Waals surface area contributed by atoms with Gasteiger partial charge in [-0.15, -0.1) is 0 Å². The van der Waals surface area contributed by atoms with Crippen LogP contribution in [0.5, 0.6) is 6.01 Å². The van der Waals surface area contributed by atoms with Gasteiger partial charge in [0, 0.05) is 26.2 Å². The highest BCUT2D eigenvalue weighted by atomic mass is 35.5. The maximum atomic E-state index is 5.83. The Hall–Kier alpha value is -1.89. The number of nitrogens with zero attached hydrogens (tertiary/aromatic N) is 5. The normalized spacial score (nSPS) is 10.6. The second kappa shape index (κ2) is 7.04. The molecule has 0 amide bonds. The highest BCUT2D eigenvalue weighted by Crippen LogP contribution is 2.11. The zero-order valence-electron chi connectivity index (χ0n) is 11.5. The molecule has 0 bridgehead atoms. The number of aromatic nitrogens is 5. The Morgan fingerprint density at radius 3 is 2.90 bits per heavy atom. The Bertz CT molecular complexity index is 559. The molecule has 0 aliphatic carbocycles. The Morgan fingerprint density at radius 2 is 2.20 bits per heavy atom. The molecule has 0 aromatic carbocycles. The molecule has 1 N–H and O–H groups in total. The van der Waals surface area contributed by atoms with Crippen LogP contribution in [0.3, 0.4) is 0 Å². The van der Waals surface area contributed by atoms with Gasteiger partial charge in [0.2, 0.25) is 11.2 Å². The second-order valence-electron chi connectivity index (χ2n) is 4.22. The van der Waals surface area contributed by atoms with Crippen LogP contribution >= 0.6 is 11.6 Å². The lowest BCUT2D eigenvalue weighted by Gasteiger charge is -2.06. The van der Waals surface area contributed by atoms with Crippen molar-refractivity contribution in [1.29, 1.82) is 0 Å². The van der Waals surface area contributed by atoms with Crippen LogP contribution in [0.4, 0.5) is 5.95 Å². The summed E-state index contributed by atoms with van der Waals surface area (Å²) < 4.78 is 7.11. The number of hydrogen-bond donors (Lipinski definition) is 1. The van der Waals surface area contributed by atoms with Crippen molar-refractivity contribution < 1.29 is 4.74 Å². The van der Waals surface area contributed by atoms with E-state index in [1.807, 2.05) is 26.2 Å². The maximum Gasteiger partial charge on any atom is 0.322 e. The molecule has 0 aliphatic rings. The minimum atomic E-state index is 0.117. The van der Waals surface area contributed by atoms with E-state index in [9.17, 15) is 0 Å². The van der Waals surface area contributed by atoms with Gasteiger partial charge in [0.15, 0.2) is 0 Å². The van der Waals surface area contributed by atoms with Gasteiger partial charge < -0.3 is 10.1 Å². The van der Waals surface area contributed by atoms with Gasteiger partial charge in [-0.05, 0) is 24.1 Å². The number of rotatable bonds is 7. The molecule has 0 aliphatic heterocycles. The molecule has 2 aromatic heterocycles. The van der Waals surface area contributed by atoms with E-state index in [2.05, 4.69) is 25.4 Å². The highest BCUT2D eigenvalue weighted by molar-refractivity contribution is 6.28. The minimum absolute atomic E-state index is 0.117. The third-order valence-corrected chi connectivity index (χ3v) is 2.63. The maximum absolute atomic E-state index is 5.83. The first kappa shape index (κ1) is 14.5. The first-order chi connectivity index (χ1) is 9.67. The predicted octanol–water partition coefficient (Wildman–Crippen LogP) is 1.70. The summed E-state index contributed by atoms with van der Waals surface area (Å²) in [4.78, 5) is 12.1. The molecular formula is C12H17ClN6O. The topological polar surface area (TPSA) is 77.8 Å². The molecule has 2 heterocycles. The van der Waals surface area contributed by atoms with Crippen molar-refractivity contribution in [3.8, 4) is 6.01 Å². The molecule has 0 radical (unpaired) electrons. The van der Waals surface area contributed by atoms with Crippen molar-refractivity contribution in [3.05, 3.63) is 23.2 Å². The van der Waals surface area contributed by atoms with Gasteiger partial charge in [0.25, 0.3) is 0 Å². The van der Waals surface area contributed by atoms with Gasteiger partial charge in [0.1, 0.15) is 0 Å². The Balaban J connectivity index is 1.89. The van der Waals surface area contributed by atoms with E-state index in [4.69, 9.17) is 16.3 Å². The molecule has 0 saturated carbocycles. The molecule has 0 spiro atoms. The van der Waals surface area contributed by atoms with Gasteiger partial charge in [-0.3, -0.25) is 4.68 Å². The molecular weight excluding hydrogens is 280 g/mol. The van der Waals surface area contributed by atoms with E-state index < -0.39 is 0 Å². The molecule has 2 rings (SSSR count). The number of halogens is 1. The third kappa shape index (κ3) is 4.34. The van der Waals surface area contributed by atoms with Crippen LogP contribution in [0.1, 0.15) is 19.0 Å². The third-order valence-electron chi connectivity index (χ3n) is 2.46. The molecule has 108 valence electrons. The summed E-state index contributed by atoms with van der Waals surface area (Å²) in [6.45, 7) is 3.22. The lowest BCUT2D eigenvalue weighted by Crippen LogP contribution is -2.10. The summed E-state index contributed by atoms with van der Waals surface area (Å²) in [5.41, 5.74) is 1.00. The lowest BCUT2D eigenvalue weighted by atomic mass is 10.3. The smallest absolute Gasteiger partial charge is 0.322 e. The van der Waals surface area contributed by atoms with E-state index >= 15 is 0 Å². The number of ether oxygens (including phenoxy) is 1. The summed E-state index contributed by atoms with van der Waals surface area (Å²) in [6, 6.07) is 2.21. The fraction of sp³-hybridized carbons (Fsp3) is 0.500. The van der Waals surface area contributed by atoms with E-state index in [-0.39, 0.29) is 11.3 Å². The van der Waals surface area contributed by atoms with Crippen molar-refractivity contribution in [1.82, 2.24) is 24.7 Å². The number of aryl methyl sites for hydroxylation is 1. The van der Waals surface area contributed by atoms with E-state index in [0.717, 1.165) is 18.5 Å². The standard InChI is InChI=1S/C12H17ClN6O/c1-3-8-20-12-16-10(13)15-11(17-12)14-6-4-9-5-7-19(2)18-9/h5,7H,3-4,6,8H2,1-2H3,(H,14,15,16,17). The number of anilines is 1. The summed E-state index contributed by atoms with van der Waals surface area (Å²) in [7, 11) is 1.89. The number of nitrogens with one attached hydrogen (secondary N) is 1. The van der Waals surface area contributed by atoms with Gasteiger partial charge >= 0.3 is 6.01 Å². The van der Waals surface area contributed by atoms with E-state index in [0.29, 0.717) is 19.1 Å². The summed E-state index contributed by atoms with van der Waals surface area (Å²) in [5.74, 6) is 0.409. The Labute approximate surface area is 122 Å². The minimum Gasteiger partial charge on any atom is -0.463 e. The highest BCUT2D eigenvalue weighted by Gasteiger charge is 2.06. The lowest BCUT2D eigenvalue weighted by molar-refractivity contribution is 0.291. The van der Waals surface area contributed by atoms with Crippen LogP contribution in [-0.2, 0) is 13.5 Å². The molecule has 0 saturated heterocycles. The fourth-order valence-corrected chi connectivity index (χ4v) is 1.72. The van der Waals surface area contributed by atoms with E-state index in [1.165, 1.54) is 0 Å². The van der Waals surface area contributed by atoms with Crippen molar-refractivity contribution in [2.24, 2.45) is 7.05 Å². The molecule has 2 aromatic rings. The second-order valence-corrected chi connectivity index (χ2v) is 4.55. The number of hydrogen-bond acceptors (Lipinski definition) is 6. The molecule has 20 heavy (non-hydrogen) atoms. The Kier molecular flexibility index (Phi) is 5.11. The SMILES string of the molecule is CCCOc1nc(Cl)nc(NCCc2ccn(C)n2)n1.